The third-order valence-electron chi connectivity index (χ3n) is 1.58. The van der Waals surface area contributed by atoms with Gasteiger partial charge in [0, 0.05) is 30.6 Å². The first-order valence-corrected chi connectivity index (χ1v) is 4.60. The lowest BCUT2D eigenvalue weighted by Crippen LogP contribution is -2.21. The van der Waals surface area contributed by atoms with Gasteiger partial charge >= 0.3 is 0 Å². The first-order chi connectivity index (χ1) is 4.84. The van der Waals surface area contributed by atoms with E-state index in [2.05, 4.69) is 5.32 Å². The van der Waals surface area contributed by atoms with Crippen molar-refractivity contribution in [3.8, 4) is 0 Å². The zero-order valence-electron chi connectivity index (χ0n) is 5.92. The van der Waals surface area contributed by atoms with Crippen molar-refractivity contribution in [3.05, 3.63) is 0 Å². The van der Waals surface area contributed by atoms with E-state index in [0.717, 1.165) is 18.8 Å². The van der Waals surface area contributed by atoms with Crippen LogP contribution >= 0.6 is 11.8 Å². The fourth-order valence-electron chi connectivity index (χ4n) is 1.03. The third kappa shape index (κ3) is 2.12. The van der Waals surface area contributed by atoms with Crippen LogP contribution in [0.5, 0.6) is 0 Å². The predicted molar refractivity (Wildman–Crippen MR) is 44.2 cm³/mol. The Morgan fingerprint density at radius 2 is 2.40 bits per heavy atom. The van der Waals surface area contributed by atoms with E-state index in [1.807, 2.05) is 0 Å². The number of thioether (sulfide) groups is 1. The summed E-state index contributed by atoms with van der Waals surface area (Å²) in [5.41, 5.74) is 5.33. The van der Waals surface area contributed by atoms with Crippen LogP contribution in [0.25, 0.3) is 0 Å². The average molecular weight is 162 g/mol. The van der Waals surface area contributed by atoms with Gasteiger partial charge in [0.1, 0.15) is 0 Å². The summed E-state index contributed by atoms with van der Waals surface area (Å²) in [6.07, 6.45) is -0.170. The molecule has 0 aliphatic carbocycles. The number of nitrogens with one attached hydrogen (secondary N) is 1. The maximum atomic E-state index is 9.29. The second-order valence-electron chi connectivity index (χ2n) is 2.42. The van der Waals surface area contributed by atoms with Crippen molar-refractivity contribution < 1.29 is 5.11 Å². The van der Waals surface area contributed by atoms with Gasteiger partial charge in [-0.1, -0.05) is 0 Å². The van der Waals surface area contributed by atoms with Crippen LogP contribution in [0.15, 0.2) is 0 Å². The molecule has 0 spiro atoms. The number of aliphatic hydroxyl groups excluding tert-OH is 1. The van der Waals surface area contributed by atoms with Gasteiger partial charge in [-0.25, -0.2) is 0 Å². The zero-order valence-corrected chi connectivity index (χ0v) is 6.73. The number of β-amino-alcohol motifs (C(OH)–C–C–N with tert-alkyl or cyclic N) is 1. The average Bonchev–Trinajstić information content (AvgIpc) is 2.31. The first-order valence-electron chi connectivity index (χ1n) is 3.55. The molecular formula is C6H14N2OS. The molecule has 1 rings (SSSR count). The molecule has 4 heteroatoms. The molecule has 1 aliphatic rings. The van der Waals surface area contributed by atoms with Gasteiger partial charge in [-0.3, -0.25) is 0 Å². The molecule has 1 saturated heterocycles. The number of nitrogens with two attached hydrogens (primary N) is 1. The van der Waals surface area contributed by atoms with Crippen molar-refractivity contribution in [3.63, 3.8) is 0 Å². The van der Waals surface area contributed by atoms with Crippen LogP contribution in [0, 0.1) is 0 Å². The third-order valence-corrected chi connectivity index (χ3v) is 2.96. The van der Waals surface area contributed by atoms with E-state index in [9.17, 15) is 5.11 Å². The molecule has 4 N–H and O–H groups in total. The van der Waals surface area contributed by atoms with E-state index >= 15 is 0 Å². The second-order valence-corrected chi connectivity index (χ2v) is 3.77. The van der Waals surface area contributed by atoms with Gasteiger partial charge in [0.2, 0.25) is 0 Å². The molecule has 10 heavy (non-hydrogen) atoms. The summed E-state index contributed by atoms with van der Waals surface area (Å²) < 4.78 is 0. The minimum Gasteiger partial charge on any atom is -0.391 e. The summed E-state index contributed by atoms with van der Waals surface area (Å²) in [5, 5.41) is 12.8. The summed E-state index contributed by atoms with van der Waals surface area (Å²) in [4.78, 5) is 0. The molecule has 60 valence electrons. The standard InChI is InChI=1S/C6H14N2OS/c7-1-2-10-6-4-8-3-5(6)9/h5-6,8-9H,1-4,7H2. The van der Waals surface area contributed by atoms with E-state index in [-0.39, 0.29) is 6.10 Å². The van der Waals surface area contributed by atoms with Gasteiger partial charge in [0.15, 0.2) is 0 Å². The van der Waals surface area contributed by atoms with Crippen LogP contribution in [0.1, 0.15) is 0 Å². The Morgan fingerprint density at radius 1 is 1.60 bits per heavy atom. The monoisotopic (exact) mass is 162 g/mol. The zero-order chi connectivity index (χ0) is 7.40. The van der Waals surface area contributed by atoms with Crippen molar-refractivity contribution in [2.45, 2.75) is 11.4 Å². The molecule has 0 amide bonds. The van der Waals surface area contributed by atoms with E-state index in [0.29, 0.717) is 11.8 Å². The lowest BCUT2D eigenvalue weighted by Gasteiger charge is -2.10. The molecular weight excluding hydrogens is 148 g/mol. The van der Waals surface area contributed by atoms with E-state index < -0.39 is 0 Å². The topological polar surface area (TPSA) is 58.3 Å². The van der Waals surface area contributed by atoms with Crippen LogP contribution in [0.4, 0.5) is 0 Å². The highest BCUT2D eigenvalue weighted by Gasteiger charge is 2.24. The Balaban J connectivity index is 2.14. The summed E-state index contributed by atoms with van der Waals surface area (Å²) in [6, 6.07) is 0. The van der Waals surface area contributed by atoms with Crippen molar-refractivity contribution in [1.29, 1.82) is 0 Å². The van der Waals surface area contributed by atoms with E-state index in [1.54, 1.807) is 11.8 Å². The number of rotatable bonds is 3. The molecule has 1 heterocycles. The molecule has 0 saturated carbocycles. The van der Waals surface area contributed by atoms with Crippen molar-refractivity contribution >= 4 is 11.8 Å². The van der Waals surface area contributed by atoms with Crippen molar-refractivity contribution in [1.82, 2.24) is 5.32 Å². The maximum absolute atomic E-state index is 9.29. The van der Waals surface area contributed by atoms with E-state index in [1.165, 1.54) is 0 Å². The number of hydrogen-bond donors (Lipinski definition) is 3. The largest absolute Gasteiger partial charge is 0.391 e. The van der Waals surface area contributed by atoms with Crippen LogP contribution in [0.3, 0.4) is 0 Å². The lowest BCUT2D eigenvalue weighted by atomic mass is 10.3. The minimum atomic E-state index is -0.170. The SMILES string of the molecule is NCCSC1CNCC1O. The number of aliphatic hydroxyl groups is 1. The van der Waals surface area contributed by atoms with Gasteiger partial charge in [-0.15, -0.1) is 0 Å². The predicted octanol–water partition coefficient (Wildman–Crippen LogP) is -0.989. The summed E-state index contributed by atoms with van der Waals surface area (Å²) >= 11 is 1.75. The Hall–Kier alpha value is 0.230. The van der Waals surface area contributed by atoms with Crippen LogP contribution in [0.2, 0.25) is 0 Å². The molecule has 3 nitrogen and oxygen atoms in total. The minimum absolute atomic E-state index is 0.170. The Labute approximate surface area is 65.4 Å². The van der Waals surface area contributed by atoms with Crippen molar-refractivity contribution in [2.24, 2.45) is 5.73 Å². The Kier molecular flexibility index (Phi) is 3.48. The summed E-state index contributed by atoms with van der Waals surface area (Å²) in [6.45, 7) is 2.36. The fraction of sp³-hybridized carbons (Fsp3) is 1.00. The maximum Gasteiger partial charge on any atom is 0.0795 e. The molecule has 0 bridgehead atoms. The highest BCUT2D eigenvalue weighted by atomic mass is 32.2. The Bertz CT molecular complexity index is 102. The van der Waals surface area contributed by atoms with Crippen molar-refractivity contribution in [2.75, 3.05) is 25.4 Å². The highest BCUT2D eigenvalue weighted by Crippen LogP contribution is 2.16. The molecule has 1 aliphatic heterocycles. The quantitative estimate of drug-likeness (QED) is 0.499. The number of hydrogen-bond acceptors (Lipinski definition) is 4. The van der Waals surface area contributed by atoms with Gasteiger partial charge in [0.05, 0.1) is 6.10 Å². The molecule has 2 unspecified atom stereocenters. The molecule has 0 aromatic rings. The lowest BCUT2D eigenvalue weighted by molar-refractivity contribution is 0.201. The second kappa shape index (κ2) is 4.18. The first kappa shape index (κ1) is 8.33. The normalized spacial score (nSPS) is 33.0. The molecule has 0 aromatic heterocycles. The van der Waals surface area contributed by atoms with Crippen LogP contribution in [-0.2, 0) is 0 Å². The highest BCUT2D eigenvalue weighted by molar-refractivity contribution is 8.00. The fourth-order valence-corrected chi connectivity index (χ4v) is 2.02. The van der Waals surface area contributed by atoms with Crippen LogP contribution < -0.4 is 11.1 Å². The van der Waals surface area contributed by atoms with Gasteiger partial charge in [-0.05, 0) is 0 Å². The molecule has 2 atom stereocenters. The summed E-state index contributed by atoms with van der Waals surface area (Å²) in [7, 11) is 0. The molecule has 0 aromatic carbocycles. The van der Waals surface area contributed by atoms with Gasteiger partial charge in [0.25, 0.3) is 0 Å². The Morgan fingerprint density at radius 3 is 2.90 bits per heavy atom. The molecule has 1 fully saturated rings. The van der Waals surface area contributed by atoms with Gasteiger partial charge in [-0.2, -0.15) is 11.8 Å². The van der Waals surface area contributed by atoms with Gasteiger partial charge < -0.3 is 16.2 Å². The van der Waals surface area contributed by atoms with Crippen LogP contribution in [-0.4, -0.2) is 41.8 Å². The summed E-state index contributed by atoms with van der Waals surface area (Å²) in [5.74, 6) is 0.948. The smallest absolute Gasteiger partial charge is 0.0795 e. The molecule has 0 radical (unpaired) electrons. The van der Waals surface area contributed by atoms with E-state index in [4.69, 9.17) is 5.73 Å².